The number of ether oxygens (including phenoxy) is 4. The summed E-state index contributed by atoms with van der Waals surface area (Å²) in [4.78, 5) is 12.7. The molecule has 2 aliphatic heterocycles. The second-order valence-corrected chi connectivity index (χ2v) is 17.9. The predicted octanol–water partition coefficient (Wildman–Crippen LogP) is 6.32. The average molecular weight is 914 g/mol. The minimum absolute atomic E-state index is 0.244. The van der Waals surface area contributed by atoms with Gasteiger partial charge < -0.3 is 65.1 Å². The Morgan fingerprint density at radius 3 is 1.52 bits per heavy atom. The van der Waals surface area contributed by atoms with E-state index < -0.39 is 86.8 Å². The van der Waals surface area contributed by atoms with Crippen molar-refractivity contribution in [2.45, 2.75) is 254 Å². The van der Waals surface area contributed by atoms with Gasteiger partial charge in [-0.05, 0) is 44.9 Å². The van der Waals surface area contributed by atoms with Crippen LogP contribution in [0.4, 0.5) is 0 Å². The monoisotopic (exact) mass is 914 g/mol. The average Bonchev–Trinajstić information content (AvgIpc) is 3.29. The fraction of sp³-hybridized carbons (Fsp3) is 0.860. The SMILES string of the molecule is CCCCCCCCCCCCCCCCCCCC/C=C/CC/C=C/CC/C=C/C(O)C(COC1OC(CO)C(OC2OC(CO)C(O)C(O)C2O)C(O)C1O)NC(=O)CCCC. The van der Waals surface area contributed by atoms with Crippen molar-refractivity contribution in [3.63, 3.8) is 0 Å². The lowest BCUT2D eigenvalue weighted by atomic mass is 9.97. The molecule has 2 saturated heterocycles. The molecule has 2 heterocycles. The lowest BCUT2D eigenvalue weighted by molar-refractivity contribution is -0.359. The Bertz CT molecular complexity index is 1220. The number of rotatable bonds is 38. The van der Waals surface area contributed by atoms with Crippen LogP contribution >= 0.6 is 0 Å². The number of hydrogen-bond donors (Lipinski definition) is 9. The van der Waals surface area contributed by atoms with Crippen molar-refractivity contribution in [3.8, 4) is 0 Å². The molecule has 0 aliphatic carbocycles. The van der Waals surface area contributed by atoms with Gasteiger partial charge in [-0.15, -0.1) is 0 Å². The number of aliphatic hydroxyl groups is 8. The minimum Gasteiger partial charge on any atom is -0.394 e. The molecule has 0 aromatic rings. The molecule has 64 heavy (non-hydrogen) atoms. The molecular weight excluding hydrogens is 823 g/mol. The van der Waals surface area contributed by atoms with Crippen LogP contribution in [0.1, 0.15) is 181 Å². The molecule has 2 fully saturated rings. The molecule has 1 amide bonds. The quantitative estimate of drug-likeness (QED) is 0.0244. The molecule has 9 N–H and O–H groups in total. The summed E-state index contributed by atoms with van der Waals surface area (Å²) >= 11 is 0. The highest BCUT2D eigenvalue weighted by molar-refractivity contribution is 5.76. The van der Waals surface area contributed by atoms with Gasteiger partial charge in [-0.25, -0.2) is 0 Å². The molecule has 0 aromatic heterocycles. The summed E-state index contributed by atoms with van der Waals surface area (Å²) in [6.07, 6.45) is 26.5. The number of amides is 1. The van der Waals surface area contributed by atoms with E-state index in [0.29, 0.717) is 12.8 Å². The van der Waals surface area contributed by atoms with Crippen molar-refractivity contribution in [2.75, 3.05) is 19.8 Å². The van der Waals surface area contributed by atoms with Crippen LogP contribution in [-0.4, -0.2) is 140 Å². The van der Waals surface area contributed by atoms with Crippen LogP contribution in [0.5, 0.6) is 0 Å². The summed E-state index contributed by atoms with van der Waals surface area (Å²) in [5, 5.41) is 85.8. The molecular formula is C50H91NO13. The summed E-state index contributed by atoms with van der Waals surface area (Å²) in [5.74, 6) is -0.290. The standard InChI is InChI=1S/C50H91NO13/c1-3-5-7-8-9-10-11-12-13-14-15-16-17-18-19-20-21-22-23-24-25-26-27-28-29-30-31-32-33-39(54)38(51-42(55)34-6-4-2)37-61-49-47(60)45(58)48(41(36-53)63-49)64-50-46(59)44(57)43(56)40(35-52)62-50/h24-25,28-29,32-33,38-41,43-50,52-54,56-60H,3-23,26-27,30-31,34-37H2,1-2H3,(H,51,55)/b25-24+,29-28+,33-32+. The summed E-state index contributed by atoms with van der Waals surface area (Å²) in [6.45, 7) is 2.49. The van der Waals surface area contributed by atoms with Crippen LogP contribution in [0.3, 0.4) is 0 Å². The number of carbonyl (C=O) groups excluding carboxylic acids is 1. The first kappa shape index (κ1) is 58.3. The van der Waals surface area contributed by atoms with Gasteiger partial charge >= 0.3 is 0 Å². The zero-order valence-electron chi connectivity index (χ0n) is 39.5. The first-order chi connectivity index (χ1) is 31.1. The molecule has 0 radical (unpaired) electrons. The summed E-state index contributed by atoms with van der Waals surface area (Å²) in [6, 6.07) is -0.930. The molecule has 2 aliphatic rings. The number of unbranched alkanes of at least 4 members (excludes halogenated alkanes) is 21. The molecule has 0 saturated carbocycles. The fourth-order valence-corrected chi connectivity index (χ4v) is 8.12. The van der Waals surface area contributed by atoms with Gasteiger partial charge in [0.05, 0.1) is 32.0 Å². The van der Waals surface area contributed by atoms with Crippen molar-refractivity contribution in [1.29, 1.82) is 0 Å². The molecule has 0 aromatic carbocycles. The molecule has 0 bridgehead atoms. The number of allylic oxidation sites excluding steroid dienone is 5. The molecule has 0 spiro atoms. The first-order valence-corrected chi connectivity index (χ1v) is 25.2. The van der Waals surface area contributed by atoms with Crippen molar-refractivity contribution < 1.29 is 64.6 Å². The van der Waals surface area contributed by atoms with Crippen molar-refractivity contribution in [1.82, 2.24) is 5.32 Å². The molecule has 12 atom stereocenters. The molecule has 12 unspecified atom stereocenters. The zero-order chi connectivity index (χ0) is 46.8. The highest BCUT2D eigenvalue weighted by Gasteiger charge is 2.51. The number of nitrogens with one attached hydrogen (secondary N) is 1. The third-order valence-electron chi connectivity index (χ3n) is 12.3. The van der Waals surface area contributed by atoms with Crippen LogP contribution in [0.2, 0.25) is 0 Å². The van der Waals surface area contributed by atoms with Gasteiger partial charge in [0, 0.05) is 6.42 Å². The van der Waals surface area contributed by atoms with Crippen molar-refractivity contribution in [2.24, 2.45) is 0 Å². The third-order valence-corrected chi connectivity index (χ3v) is 12.3. The predicted molar refractivity (Wildman–Crippen MR) is 249 cm³/mol. The van der Waals surface area contributed by atoms with Crippen LogP contribution in [-0.2, 0) is 23.7 Å². The van der Waals surface area contributed by atoms with Crippen LogP contribution < -0.4 is 5.32 Å². The van der Waals surface area contributed by atoms with Gasteiger partial charge in [-0.2, -0.15) is 0 Å². The Balaban J connectivity index is 1.63. The van der Waals surface area contributed by atoms with E-state index in [-0.39, 0.29) is 18.9 Å². The van der Waals surface area contributed by atoms with E-state index >= 15 is 0 Å². The van der Waals surface area contributed by atoms with E-state index in [1.54, 1.807) is 6.08 Å². The van der Waals surface area contributed by atoms with Gasteiger partial charge in [-0.1, -0.05) is 166 Å². The minimum atomic E-state index is -1.79. The zero-order valence-corrected chi connectivity index (χ0v) is 39.5. The first-order valence-electron chi connectivity index (χ1n) is 25.2. The highest BCUT2D eigenvalue weighted by atomic mass is 16.7. The van der Waals surface area contributed by atoms with Gasteiger partial charge in [0.25, 0.3) is 0 Å². The molecule has 374 valence electrons. The van der Waals surface area contributed by atoms with Gasteiger partial charge in [0.2, 0.25) is 5.91 Å². The molecule has 14 nitrogen and oxygen atoms in total. The van der Waals surface area contributed by atoms with E-state index in [0.717, 1.165) is 32.1 Å². The summed E-state index contributed by atoms with van der Waals surface area (Å²) < 4.78 is 22.4. The topological polar surface area (TPSA) is 228 Å². The number of hydrogen-bond acceptors (Lipinski definition) is 13. The van der Waals surface area contributed by atoms with Crippen LogP contribution in [0.15, 0.2) is 36.5 Å². The number of aliphatic hydroxyl groups excluding tert-OH is 8. The molecule has 2 rings (SSSR count). The Kier molecular flexibility index (Phi) is 33.9. The second-order valence-electron chi connectivity index (χ2n) is 17.9. The maximum atomic E-state index is 12.7. The second kappa shape index (κ2) is 37.2. The van der Waals surface area contributed by atoms with Gasteiger partial charge in [0.15, 0.2) is 12.6 Å². The summed E-state index contributed by atoms with van der Waals surface area (Å²) in [5.41, 5.74) is 0. The summed E-state index contributed by atoms with van der Waals surface area (Å²) in [7, 11) is 0. The van der Waals surface area contributed by atoms with Gasteiger partial charge in [-0.3, -0.25) is 4.79 Å². The van der Waals surface area contributed by atoms with Crippen molar-refractivity contribution in [3.05, 3.63) is 36.5 Å². The van der Waals surface area contributed by atoms with Crippen LogP contribution in [0, 0.1) is 0 Å². The Labute approximate surface area is 385 Å². The van der Waals surface area contributed by atoms with E-state index in [9.17, 15) is 45.6 Å². The van der Waals surface area contributed by atoms with Gasteiger partial charge in [0.1, 0.15) is 48.8 Å². The van der Waals surface area contributed by atoms with E-state index in [1.807, 2.05) is 13.0 Å². The lowest BCUT2D eigenvalue weighted by Gasteiger charge is -2.46. The lowest BCUT2D eigenvalue weighted by Crippen LogP contribution is -2.65. The maximum absolute atomic E-state index is 12.7. The van der Waals surface area contributed by atoms with E-state index in [2.05, 4.69) is 36.5 Å². The fourth-order valence-electron chi connectivity index (χ4n) is 8.12. The largest absolute Gasteiger partial charge is 0.394 e. The smallest absolute Gasteiger partial charge is 0.220 e. The van der Waals surface area contributed by atoms with Crippen molar-refractivity contribution >= 4 is 5.91 Å². The van der Waals surface area contributed by atoms with E-state index in [4.69, 9.17) is 18.9 Å². The Morgan fingerprint density at radius 1 is 0.547 bits per heavy atom. The normalized spacial score (nSPS) is 27.5. The Hall–Kier alpha value is -1.79. The van der Waals surface area contributed by atoms with E-state index in [1.165, 1.54) is 116 Å². The third kappa shape index (κ3) is 24.3. The Morgan fingerprint density at radius 2 is 1.00 bits per heavy atom. The van der Waals surface area contributed by atoms with Crippen LogP contribution in [0.25, 0.3) is 0 Å². The maximum Gasteiger partial charge on any atom is 0.220 e. The number of carbonyl (C=O) groups is 1. The highest BCUT2D eigenvalue weighted by Crippen LogP contribution is 2.30. The molecule has 14 heteroatoms.